The largest absolute Gasteiger partial charge is 0.397 e. The predicted molar refractivity (Wildman–Crippen MR) is 51.2 cm³/mol. The summed E-state index contributed by atoms with van der Waals surface area (Å²) in [6, 6.07) is 8.74. The fraction of sp³-hybridized carbons (Fsp3) is 0.455. The minimum Gasteiger partial charge on any atom is -0.397 e. The van der Waals surface area contributed by atoms with E-state index < -0.39 is 0 Å². The van der Waals surface area contributed by atoms with Crippen molar-refractivity contribution in [3.8, 4) is 0 Å². The highest BCUT2D eigenvalue weighted by Crippen LogP contribution is 2.20. The normalized spacial score (nSPS) is 13.2. The summed E-state index contributed by atoms with van der Waals surface area (Å²) in [4.78, 5) is 0. The van der Waals surface area contributed by atoms with Crippen LogP contribution in [-0.4, -0.2) is 11.7 Å². The zero-order valence-electron chi connectivity index (χ0n) is 7.59. The van der Waals surface area contributed by atoms with Crippen LogP contribution in [0.5, 0.6) is 0 Å². The highest BCUT2D eigenvalue weighted by molar-refractivity contribution is 5.30. The molecule has 1 aliphatic carbocycles. The van der Waals surface area contributed by atoms with Crippen LogP contribution >= 0.6 is 0 Å². The van der Waals surface area contributed by atoms with Gasteiger partial charge in [0.15, 0.2) is 0 Å². The second kappa shape index (κ2) is 4.94. The summed E-state index contributed by atoms with van der Waals surface area (Å²) in [7, 11) is 0. The quantitative estimate of drug-likeness (QED) is 0.623. The van der Waals surface area contributed by atoms with E-state index in [1.54, 1.807) is 18.1 Å². The van der Waals surface area contributed by atoms with E-state index in [2.05, 4.69) is 24.3 Å². The van der Waals surface area contributed by atoms with E-state index in [9.17, 15) is 0 Å². The van der Waals surface area contributed by atoms with Gasteiger partial charge in [0.2, 0.25) is 0 Å². The molecule has 0 spiro atoms. The minimum atomic E-state index is 0.250. The smallest absolute Gasteiger partial charge is 0.0402 e. The highest BCUT2D eigenvalue weighted by atomic mass is 16.2. The molecule has 0 radical (unpaired) electrons. The Morgan fingerprint density at radius 1 is 1.17 bits per heavy atom. The first-order valence-electron chi connectivity index (χ1n) is 4.56. The van der Waals surface area contributed by atoms with Crippen LogP contribution < -0.4 is 0 Å². The van der Waals surface area contributed by atoms with Gasteiger partial charge >= 0.3 is 0 Å². The molecule has 0 bridgehead atoms. The molecule has 1 heteroatoms. The van der Waals surface area contributed by atoms with Gasteiger partial charge in [0.1, 0.15) is 0 Å². The molecule has 1 N–H and O–H groups in total. The van der Waals surface area contributed by atoms with Crippen LogP contribution in [-0.2, 0) is 12.8 Å². The minimum absolute atomic E-state index is 0.250. The third-order valence-corrected chi connectivity index (χ3v) is 2.01. The maximum atomic E-state index is 7.57. The maximum Gasteiger partial charge on any atom is 0.0402 e. The molecule has 12 heavy (non-hydrogen) atoms. The number of aryl methyl sites for hydroxylation is 2. The third-order valence-electron chi connectivity index (χ3n) is 2.01. The van der Waals surface area contributed by atoms with Gasteiger partial charge in [0.05, 0.1) is 0 Å². The van der Waals surface area contributed by atoms with E-state index in [1.807, 2.05) is 0 Å². The Kier molecular flexibility index (Phi) is 3.81. The van der Waals surface area contributed by atoms with E-state index in [-0.39, 0.29) is 6.61 Å². The SMILES string of the molecule is CCO.c1ccc2c(c1)CCC2. The van der Waals surface area contributed by atoms with Gasteiger partial charge < -0.3 is 5.11 Å². The number of hydrogen-bond donors (Lipinski definition) is 1. The Balaban J connectivity index is 0.000000213. The second-order valence-electron chi connectivity index (χ2n) is 2.94. The molecule has 0 atom stereocenters. The third kappa shape index (κ3) is 2.35. The molecule has 1 aromatic rings. The molecule has 1 aromatic carbocycles. The number of fused-ring (bicyclic) bond motifs is 1. The van der Waals surface area contributed by atoms with Crippen LogP contribution in [0.3, 0.4) is 0 Å². The van der Waals surface area contributed by atoms with Gasteiger partial charge in [-0.05, 0) is 37.3 Å². The summed E-state index contributed by atoms with van der Waals surface area (Å²) in [5.41, 5.74) is 3.13. The van der Waals surface area contributed by atoms with Gasteiger partial charge in [0, 0.05) is 6.61 Å². The van der Waals surface area contributed by atoms with E-state index >= 15 is 0 Å². The summed E-state index contributed by atoms with van der Waals surface area (Å²) in [5.74, 6) is 0. The van der Waals surface area contributed by atoms with Gasteiger partial charge in [-0.3, -0.25) is 0 Å². The van der Waals surface area contributed by atoms with Crippen molar-refractivity contribution in [3.05, 3.63) is 35.4 Å². The first kappa shape index (κ1) is 9.27. The Morgan fingerprint density at radius 3 is 2.00 bits per heavy atom. The molecule has 1 nitrogen and oxygen atoms in total. The summed E-state index contributed by atoms with van der Waals surface area (Å²) >= 11 is 0. The van der Waals surface area contributed by atoms with Gasteiger partial charge in [-0.25, -0.2) is 0 Å². The Morgan fingerprint density at radius 2 is 1.58 bits per heavy atom. The number of rotatable bonds is 0. The molecule has 0 saturated carbocycles. The lowest BCUT2D eigenvalue weighted by Crippen LogP contribution is -1.77. The van der Waals surface area contributed by atoms with Crippen molar-refractivity contribution in [1.82, 2.24) is 0 Å². The van der Waals surface area contributed by atoms with Gasteiger partial charge in [-0.2, -0.15) is 0 Å². The lowest BCUT2D eigenvalue weighted by atomic mass is 10.1. The lowest BCUT2D eigenvalue weighted by Gasteiger charge is -1.93. The Hall–Kier alpha value is -0.820. The van der Waals surface area contributed by atoms with Crippen LogP contribution in [0, 0.1) is 0 Å². The molecule has 0 fully saturated rings. The average molecular weight is 164 g/mol. The summed E-state index contributed by atoms with van der Waals surface area (Å²) in [6.07, 6.45) is 3.96. The molecule has 0 aromatic heterocycles. The van der Waals surface area contributed by atoms with Crippen LogP contribution in [0.25, 0.3) is 0 Å². The van der Waals surface area contributed by atoms with E-state index in [4.69, 9.17) is 5.11 Å². The van der Waals surface area contributed by atoms with Crippen LogP contribution in [0.1, 0.15) is 24.5 Å². The topological polar surface area (TPSA) is 20.2 Å². The fourth-order valence-electron chi connectivity index (χ4n) is 1.51. The number of hydrogen-bond acceptors (Lipinski definition) is 1. The van der Waals surface area contributed by atoms with Crippen LogP contribution in [0.15, 0.2) is 24.3 Å². The van der Waals surface area contributed by atoms with Crippen molar-refractivity contribution in [1.29, 1.82) is 0 Å². The second-order valence-corrected chi connectivity index (χ2v) is 2.94. The van der Waals surface area contributed by atoms with Crippen molar-refractivity contribution in [3.63, 3.8) is 0 Å². The number of aliphatic hydroxyl groups is 1. The first-order chi connectivity index (χ1) is 5.88. The van der Waals surface area contributed by atoms with E-state index in [0.29, 0.717) is 0 Å². The molecule has 0 amide bonds. The van der Waals surface area contributed by atoms with E-state index in [0.717, 1.165) is 0 Å². The molecule has 0 saturated heterocycles. The molecule has 0 unspecified atom stereocenters. The molecule has 0 aliphatic heterocycles. The van der Waals surface area contributed by atoms with Gasteiger partial charge in [-0.1, -0.05) is 24.3 Å². The summed E-state index contributed by atoms with van der Waals surface area (Å²) < 4.78 is 0. The van der Waals surface area contributed by atoms with E-state index in [1.165, 1.54) is 19.3 Å². The summed E-state index contributed by atoms with van der Waals surface area (Å²) in [6.45, 7) is 1.93. The van der Waals surface area contributed by atoms with Crippen molar-refractivity contribution in [2.24, 2.45) is 0 Å². The molecule has 66 valence electrons. The number of aliphatic hydroxyl groups excluding tert-OH is 1. The standard InChI is InChI=1S/C9H10.C2H6O/c1-2-5-9-7-3-6-8(9)4-1;1-2-3/h1-2,4-5H,3,6-7H2;3H,2H2,1H3. The Labute approximate surface area is 74.1 Å². The monoisotopic (exact) mass is 164 g/mol. The average Bonchev–Trinajstić information content (AvgIpc) is 2.52. The van der Waals surface area contributed by atoms with Crippen LogP contribution in [0.2, 0.25) is 0 Å². The molecule has 1 aliphatic rings. The van der Waals surface area contributed by atoms with Crippen molar-refractivity contribution in [2.75, 3.05) is 6.61 Å². The summed E-state index contributed by atoms with van der Waals surface area (Å²) in [5, 5.41) is 7.57. The van der Waals surface area contributed by atoms with Gasteiger partial charge in [0.25, 0.3) is 0 Å². The zero-order valence-corrected chi connectivity index (χ0v) is 7.59. The maximum absolute atomic E-state index is 7.57. The fourth-order valence-corrected chi connectivity index (χ4v) is 1.51. The van der Waals surface area contributed by atoms with Crippen LogP contribution in [0.4, 0.5) is 0 Å². The van der Waals surface area contributed by atoms with Crippen molar-refractivity contribution < 1.29 is 5.11 Å². The first-order valence-corrected chi connectivity index (χ1v) is 4.56. The highest BCUT2D eigenvalue weighted by Gasteiger charge is 2.07. The predicted octanol–water partition coefficient (Wildman–Crippen LogP) is 2.17. The lowest BCUT2D eigenvalue weighted by molar-refractivity contribution is 0.318. The van der Waals surface area contributed by atoms with Crippen molar-refractivity contribution >= 4 is 0 Å². The molecule has 2 rings (SSSR count). The van der Waals surface area contributed by atoms with Gasteiger partial charge in [-0.15, -0.1) is 0 Å². The molecular formula is C11H16O. The molecular weight excluding hydrogens is 148 g/mol. The Bertz CT molecular complexity index is 207. The van der Waals surface area contributed by atoms with Crippen molar-refractivity contribution in [2.45, 2.75) is 26.2 Å². The molecule has 0 heterocycles. The number of benzene rings is 1. The zero-order chi connectivity index (χ0) is 8.81.